The number of hydrogen-bond donors (Lipinski definition) is 2. The van der Waals surface area contributed by atoms with Crippen molar-refractivity contribution in [3.63, 3.8) is 0 Å². The van der Waals surface area contributed by atoms with Crippen LogP contribution in [-0.4, -0.2) is 16.2 Å². The van der Waals surface area contributed by atoms with Crippen molar-refractivity contribution in [3.8, 4) is 18.2 Å². The second-order valence-electron chi connectivity index (χ2n) is 4.69. The van der Waals surface area contributed by atoms with Crippen molar-refractivity contribution in [2.24, 2.45) is 0 Å². The van der Waals surface area contributed by atoms with Crippen molar-refractivity contribution < 1.29 is 18.3 Å². The smallest absolute Gasteiger partial charge is 0.417 e. The van der Waals surface area contributed by atoms with E-state index in [4.69, 9.17) is 6.42 Å². The highest BCUT2D eigenvalue weighted by Gasteiger charge is 2.36. The topological polar surface area (TPSA) is 37.2 Å². The van der Waals surface area contributed by atoms with Gasteiger partial charge in [-0.1, -0.05) is 5.92 Å². The van der Waals surface area contributed by atoms with E-state index in [9.17, 15) is 18.3 Å². The Morgan fingerprint density at radius 3 is 2.75 bits per heavy atom. The molecule has 6 heteroatoms. The monoisotopic (exact) mass is 280 g/mol. The predicted molar refractivity (Wildman–Crippen MR) is 68.2 cm³/mol. The van der Waals surface area contributed by atoms with Gasteiger partial charge in [0.15, 0.2) is 5.88 Å². The first-order chi connectivity index (χ1) is 9.43. The maximum atomic E-state index is 13.2. The molecule has 20 heavy (non-hydrogen) atoms. The molecule has 0 saturated carbocycles. The van der Waals surface area contributed by atoms with Gasteiger partial charge in [-0.3, -0.25) is 0 Å². The lowest BCUT2D eigenvalue weighted by Gasteiger charge is -2.17. The molecule has 0 radical (unpaired) electrons. The minimum atomic E-state index is -4.56. The standard InChI is InChI=1S/C14H11F3N2O/c1-2-8-5-9-11-7-18-3-4-19(11)13(20)12(9)10(6-8)14(15,16)17/h1,5-6,18,20H,3-4,7H2. The van der Waals surface area contributed by atoms with Crippen LogP contribution in [0.3, 0.4) is 0 Å². The van der Waals surface area contributed by atoms with Crippen LogP contribution in [0.5, 0.6) is 5.88 Å². The molecular weight excluding hydrogens is 269 g/mol. The van der Waals surface area contributed by atoms with Crippen LogP contribution in [0.2, 0.25) is 0 Å². The molecule has 2 N–H and O–H groups in total. The molecule has 0 bridgehead atoms. The minimum absolute atomic E-state index is 0.156. The lowest BCUT2D eigenvalue weighted by Crippen LogP contribution is -2.27. The normalized spacial score (nSPS) is 15.1. The lowest BCUT2D eigenvalue weighted by molar-refractivity contribution is -0.136. The molecule has 2 heterocycles. The third-order valence-corrected chi connectivity index (χ3v) is 3.53. The van der Waals surface area contributed by atoms with Crippen LogP contribution < -0.4 is 5.32 Å². The van der Waals surface area contributed by atoms with E-state index in [-0.39, 0.29) is 16.8 Å². The summed E-state index contributed by atoms with van der Waals surface area (Å²) in [5, 5.41) is 13.4. The number of aromatic hydroxyl groups is 1. The average Bonchev–Trinajstić information content (AvgIpc) is 2.71. The molecule has 3 nitrogen and oxygen atoms in total. The number of fused-ring (bicyclic) bond motifs is 3. The van der Waals surface area contributed by atoms with E-state index in [2.05, 4.69) is 11.2 Å². The number of nitrogens with one attached hydrogen (secondary N) is 1. The fourth-order valence-electron chi connectivity index (χ4n) is 2.65. The third kappa shape index (κ3) is 1.74. The van der Waals surface area contributed by atoms with E-state index in [1.54, 1.807) is 0 Å². The van der Waals surface area contributed by atoms with Gasteiger partial charge in [0.25, 0.3) is 0 Å². The van der Waals surface area contributed by atoms with Crippen molar-refractivity contribution in [1.82, 2.24) is 9.88 Å². The van der Waals surface area contributed by atoms with Gasteiger partial charge in [-0.2, -0.15) is 13.2 Å². The van der Waals surface area contributed by atoms with Crippen LogP contribution in [0.1, 0.15) is 16.8 Å². The van der Waals surface area contributed by atoms with Gasteiger partial charge in [-0.15, -0.1) is 6.42 Å². The first-order valence-electron chi connectivity index (χ1n) is 6.06. The van der Waals surface area contributed by atoms with Gasteiger partial charge in [-0.05, 0) is 12.1 Å². The highest BCUT2D eigenvalue weighted by atomic mass is 19.4. The van der Waals surface area contributed by atoms with E-state index < -0.39 is 11.7 Å². The van der Waals surface area contributed by atoms with Crippen LogP contribution in [-0.2, 0) is 19.3 Å². The number of rotatable bonds is 0. The maximum absolute atomic E-state index is 13.2. The zero-order chi connectivity index (χ0) is 14.5. The molecule has 1 aromatic carbocycles. The number of aromatic nitrogens is 1. The Kier molecular flexibility index (Phi) is 2.69. The summed E-state index contributed by atoms with van der Waals surface area (Å²) >= 11 is 0. The zero-order valence-corrected chi connectivity index (χ0v) is 10.4. The fraction of sp³-hybridized carbons (Fsp3) is 0.286. The van der Waals surface area contributed by atoms with Gasteiger partial charge in [0, 0.05) is 36.3 Å². The van der Waals surface area contributed by atoms with Crippen LogP contribution in [0, 0.1) is 12.3 Å². The molecule has 1 aromatic heterocycles. The Morgan fingerprint density at radius 2 is 2.10 bits per heavy atom. The van der Waals surface area contributed by atoms with Gasteiger partial charge in [-0.25, -0.2) is 0 Å². The highest BCUT2D eigenvalue weighted by molar-refractivity contribution is 5.95. The van der Waals surface area contributed by atoms with Gasteiger partial charge in [0.2, 0.25) is 0 Å². The molecule has 0 amide bonds. The number of nitrogens with zero attached hydrogens (tertiary/aromatic N) is 1. The van der Waals surface area contributed by atoms with E-state index in [0.29, 0.717) is 30.7 Å². The van der Waals surface area contributed by atoms with Crippen LogP contribution >= 0.6 is 0 Å². The van der Waals surface area contributed by atoms with Gasteiger partial charge in [0.1, 0.15) is 0 Å². The van der Waals surface area contributed by atoms with Gasteiger partial charge in [0.05, 0.1) is 10.9 Å². The summed E-state index contributed by atoms with van der Waals surface area (Å²) in [5.41, 5.74) is -0.0995. The molecule has 3 rings (SSSR count). The van der Waals surface area contributed by atoms with E-state index in [0.717, 1.165) is 6.07 Å². The molecule has 0 aliphatic carbocycles. The zero-order valence-electron chi connectivity index (χ0n) is 10.4. The number of benzene rings is 1. The molecule has 0 saturated heterocycles. The highest BCUT2D eigenvalue weighted by Crippen LogP contribution is 2.42. The Hall–Kier alpha value is -2.13. The van der Waals surface area contributed by atoms with Crippen molar-refractivity contribution in [3.05, 3.63) is 29.0 Å². The molecule has 0 unspecified atom stereocenters. The van der Waals surface area contributed by atoms with Crippen LogP contribution in [0.15, 0.2) is 12.1 Å². The number of alkyl halides is 3. The summed E-state index contributed by atoms with van der Waals surface area (Å²) in [4.78, 5) is 0. The van der Waals surface area contributed by atoms with E-state index in [1.165, 1.54) is 10.6 Å². The largest absolute Gasteiger partial charge is 0.494 e. The Balaban J connectivity index is 2.45. The first kappa shape index (κ1) is 12.9. The molecule has 1 aliphatic rings. The first-order valence-corrected chi connectivity index (χ1v) is 6.06. The van der Waals surface area contributed by atoms with Crippen molar-refractivity contribution >= 4 is 10.8 Å². The van der Waals surface area contributed by atoms with Crippen LogP contribution in [0.25, 0.3) is 10.8 Å². The Labute approximate surface area is 113 Å². The number of hydrogen-bond acceptors (Lipinski definition) is 2. The van der Waals surface area contributed by atoms with E-state index in [1.807, 2.05) is 0 Å². The SMILES string of the molecule is C#Cc1cc(C(F)(F)F)c2c(O)n3c(c2c1)CNCC3. The molecule has 1 aliphatic heterocycles. The second-order valence-corrected chi connectivity index (χ2v) is 4.69. The van der Waals surface area contributed by atoms with Gasteiger partial charge >= 0.3 is 6.18 Å². The molecule has 0 atom stereocenters. The Morgan fingerprint density at radius 1 is 1.35 bits per heavy atom. The average molecular weight is 280 g/mol. The quantitative estimate of drug-likeness (QED) is 0.727. The minimum Gasteiger partial charge on any atom is -0.494 e. The lowest BCUT2D eigenvalue weighted by atomic mass is 10.0. The summed E-state index contributed by atoms with van der Waals surface area (Å²) in [5.74, 6) is 1.90. The summed E-state index contributed by atoms with van der Waals surface area (Å²) in [6.45, 7) is 1.44. The molecule has 2 aromatic rings. The Bertz CT molecular complexity index is 738. The summed E-state index contributed by atoms with van der Waals surface area (Å²) in [6.07, 6.45) is 0.672. The molecule has 104 valence electrons. The summed E-state index contributed by atoms with van der Waals surface area (Å²) in [6, 6.07) is 2.42. The van der Waals surface area contributed by atoms with E-state index >= 15 is 0 Å². The number of terminal acetylenes is 1. The van der Waals surface area contributed by atoms with Crippen molar-refractivity contribution in [2.45, 2.75) is 19.3 Å². The van der Waals surface area contributed by atoms with Crippen molar-refractivity contribution in [1.29, 1.82) is 0 Å². The third-order valence-electron chi connectivity index (χ3n) is 3.53. The van der Waals surface area contributed by atoms with Crippen LogP contribution in [0.4, 0.5) is 13.2 Å². The fourth-order valence-corrected chi connectivity index (χ4v) is 2.65. The second kappa shape index (κ2) is 4.18. The predicted octanol–water partition coefficient (Wildman–Crippen LogP) is 2.45. The maximum Gasteiger partial charge on any atom is 0.417 e. The molecule has 0 spiro atoms. The van der Waals surface area contributed by atoms with Gasteiger partial charge < -0.3 is 15.0 Å². The molecular formula is C14H11F3N2O. The molecule has 0 fully saturated rings. The summed E-state index contributed by atoms with van der Waals surface area (Å²) in [7, 11) is 0. The number of halogens is 3. The summed E-state index contributed by atoms with van der Waals surface area (Å²) < 4.78 is 41.0. The van der Waals surface area contributed by atoms with Crippen molar-refractivity contribution in [2.75, 3.05) is 6.54 Å².